The standard InChI is InChI=1S/C20H32N2O2/c1-23-15-18-13-22(14-19-6-3-11-24-19)16-20(18)7-9-21(10-8-20)12-17-4-2-5-17/h3,6,11,17-18H,2,4-5,7-10,12-16H2,1H3. The van der Waals surface area contributed by atoms with Crippen molar-refractivity contribution in [2.45, 2.75) is 38.6 Å². The minimum atomic E-state index is 0.457. The lowest BCUT2D eigenvalue weighted by Crippen LogP contribution is -2.46. The maximum absolute atomic E-state index is 5.59. The Balaban J connectivity index is 1.36. The summed E-state index contributed by atoms with van der Waals surface area (Å²) in [4.78, 5) is 5.32. The van der Waals surface area contributed by atoms with Crippen LogP contribution in [0.15, 0.2) is 22.8 Å². The molecule has 1 aliphatic carbocycles. The molecular formula is C20H32N2O2. The topological polar surface area (TPSA) is 28.9 Å². The Bertz CT molecular complexity index is 504. The largest absolute Gasteiger partial charge is 0.468 e. The van der Waals surface area contributed by atoms with Crippen LogP contribution in [0.1, 0.15) is 37.9 Å². The van der Waals surface area contributed by atoms with Gasteiger partial charge in [-0.05, 0) is 62.2 Å². The first-order valence-electron chi connectivity index (χ1n) is 9.73. The van der Waals surface area contributed by atoms with Gasteiger partial charge in [0, 0.05) is 32.7 Å². The Kier molecular flexibility index (Phi) is 4.98. The number of hydrogen-bond acceptors (Lipinski definition) is 4. The molecule has 24 heavy (non-hydrogen) atoms. The molecule has 0 bridgehead atoms. The van der Waals surface area contributed by atoms with Crippen LogP contribution in [0.5, 0.6) is 0 Å². The SMILES string of the molecule is COCC1CN(Cc2ccco2)CC12CCN(CC1CCC1)CC2. The zero-order valence-electron chi connectivity index (χ0n) is 15.1. The van der Waals surface area contributed by atoms with Crippen LogP contribution in [-0.2, 0) is 11.3 Å². The second kappa shape index (κ2) is 7.19. The van der Waals surface area contributed by atoms with Crippen molar-refractivity contribution in [3.63, 3.8) is 0 Å². The minimum absolute atomic E-state index is 0.457. The molecule has 1 aromatic heterocycles. The molecule has 2 aliphatic heterocycles. The molecule has 134 valence electrons. The maximum Gasteiger partial charge on any atom is 0.117 e. The summed E-state index contributed by atoms with van der Waals surface area (Å²) in [6.07, 6.45) is 8.84. The van der Waals surface area contributed by atoms with Crippen LogP contribution in [0.3, 0.4) is 0 Å². The molecule has 4 nitrogen and oxygen atoms in total. The lowest BCUT2D eigenvalue weighted by Gasteiger charge is -2.44. The molecule has 1 aromatic rings. The van der Waals surface area contributed by atoms with E-state index in [0.717, 1.165) is 31.4 Å². The van der Waals surface area contributed by atoms with Crippen molar-refractivity contribution in [2.75, 3.05) is 46.4 Å². The van der Waals surface area contributed by atoms with Gasteiger partial charge < -0.3 is 14.1 Å². The van der Waals surface area contributed by atoms with Crippen LogP contribution in [0.4, 0.5) is 0 Å². The number of hydrogen-bond donors (Lipinski definition) is 0. The lowest BCUT2D eigenvalue weighted by molar-refractivity contribution is 0.0280. The molecule has 4 rings (SSSR count). The molecule has 0 radical (unpaired) electrons. The van der Waals surface area contributed by atoms with Gasteiger partial charge >= 0.3 is 0 Å². The highest BCUT2D eigenvalue weighted by atomic mass is 16.5. The Morgan fingerprint density at radius 3 is 2.71 bits per heavy atom. The summed E-state index contributed by atoms with van der Waals surface area (Å²) >= 11 is 0. The first kappa shape index (κ1) is 16.6. The van der Waals surface area contributed by atoms with E-state index in [-0.39, 0.29) is 0 Å². The normalized spacial score (nSPS) is 28.5. The third-order valence-electron chi connectivity index (χ3n) is 6.80. The molecule has 0 N–H and O–H groups in total. The van der Waals surface area contributed by atoms with Gasteiger partial charge in [-0.2, -0.15) is 0 Å². The summed E-state index contributed by atoms with van der Waals surface area (Å²) in [6, 6.07) is 4.09. The van der Waals surface area contributed by atoms with Crippen LogP contribution in [0.25, 0.3) is 0 Å². The van der Waals surface area contributed by atoms with E-state index in [2.05, 4.69) is 15.9 Å². The van der Waals surface area contributed by atoms with Crippen LogP contribution < -0.4 is 0 Å². The molecular weight excluding hydrogens is 300 g/mol. The molecule has 1 unspecified atom stereocenters. The molecule has 0 amide bonds. The Morgan fingerprint density at radius 2 is 2.08 bits per heavy atom. The third kappa shape index (κ3) is 3.42. The van der Waals surface area contributed by atoms with Gasteiger partial charge in [0.15, 0.2) is 0 Å². The highest BCUT2D eigenvalue weighted by Gasteiger charge is 2.48. The highest BCUT2D eigenvalue weighted by Crippen LogP contribution is 2.45. The first-order chi connectivity index (χ1) is 11.8. The van der Waals surface area contributed by atoms with Crippen molar-refractivity contribution in [3.8, 4) is 0 Å². The zero-order valence-corrected chi connectivity index (χ0v) is 15.1. The van der Waals surface area contributed by atoms with E-state index in [0.29, 0.717) is 11.3 Å². The molecule has 1 saturated carbocycles. The average Bonchev–Trinajstić information content (AvgIpc) is 3.15. The van der Waals surface area contributed by atoms with Gasteiger partial charge in [-0.15, -0.1) is 0 Å². The number of ether oxygens (including phenoxy) is 1. The fourth-order valence-corrected chi connectivity index (χ4v) is 5.11. The number of nitrogens with zero attached hydrogens (tertiary/aromatic N) is 2. The highest BCUT2D eigenvalue weighted by molar-refractivity contribution is 5.03. The summed E-state index contributed by atoms with van der Waals surface area (Å²) in [6.45, 7) is 8.12. The summed E-state index contributed by atoms with van der Waals surface area (Å²) in [5.74, 6) is 2.75. The fraction of sp³-hybridized carbons (Fsp3) is 0.800. The van der Waals surface area contributed by atoms with Gasteiger partial charge in [0.05, 0.1) is 19.4 Å². The average molecular weight is 332 g/mol. The Labute approximate surface area is 146 Å². The van der Waals surface area contributed by atoms with Crippen molar-refractivity contribution in [2.24, 2.45) is 17.3 Å². The van der Waals surface area contributed by atoms with Gasteiger partial charge in [0.25, 0.3) is 0 Å². The molecule has 1 atom stereocenters. The van der Waals surface area contributed by atoms with Crippen LogP contribution in [-0.4, -0.2) is 56.2 Å². The van der Waals surface area contributed by atoms with E-state index >= 15 is 0 Å². The third-order valence-corrected chi connectivity index (χ3v) is 6.80. The summed E-state index contributed by atoms with van der Waals surface area (Å²) in [5, 5.41) is 0. The molecule has 2 saturated heterocycles. The molecule has 3 fully saturated rings. The van der Waals surface area contributed by atoms with Crippen LogP contribution in [0, 0.1) is 17.3 Å². The second-order valence-corrected chi connectivity index (χ2v) is 8.36. The molecule has 1 spiro atoms. The summed E-state index contributed by atoms with van der Waals surface area (Å²) < 4.78 is 11.2. The lowest BCUT2D eigenvalue weighted by atomic mass is 9.71. The number of likely N-dealkylation sites (tertiary alicyclic amines) is 2. The van der Waals surface area contributed by atoms with Crippen LogP contribution in [0.2, 0.25) is 0 Å². The molecule has 0 aromatic carbocycles. The first-order valence-corrected chi connectivity index (χ1v) is 9.73. The van der Waals surface area contributed by atoms with E-state index in [1.54, 1.807) is 6.26 Å². The van der Waals surface area contributed by atoms with Gasteiger partial charge in [-0.25, -0.2) is 0 Å². The Morgan fingerprint density at radius 1 is 1.25 bits per heavy atom. The number of piperidine rings is 1. The Hall–Kier alpha value is -0.840. The van der Waals surface area contributed by atoms with Crippen molar-refractivity contribution in [1.82, 2.24) is 9.80 Å². The van der Waals surface area contributed by atoms with Crippen molar-refractivity contribution in [1.29, 1.82) is 0 Å². The van der Waals surface area contributed by atoms with Crippen molar-refractivity contribution < 1.29 is 9.15 Å². The zero-order chi connectivity index (χ0) is 16.4. The summed E-state index contributed by atoms with van der Waals surface area (Å²) in [5.41, 5.74) is 0.457. The molecule has 3 aliphatic rings. The fourth-order valence-electron chi connectivity index (χ4n) is 5.11. The molecule has 3 heterocycles. The molecule has 4 heteroatoms. The number of methoxy groups -OCH3 is 1. The predicted molar refractivity (Wildman–Crippen MR) is 94.8 cm³/mol. The predicted octanol–water partition coefficient (Wildman–Crippen LogP) is 3.24. The van der Waals surface area contributed by atoms with Gasteiger partial charge in [0.1, 0.15) is 5.76 Å². The van der Waals surface area contributed by atoms with E-state index in [1.807, 2.05) is 13.2 Å². The van der Waals surface area contributed by atoms with Gasteiger partial charge in [-0.3, -0.25) is 4.90 Å². The van der Waals surface area contributed by atoms with Crippen molar-refractivity contribution >= 4 is 0 Å². The summed E-state index contributed by atoms with van der Waals surface area (Å²) in [7, 11) is 1.86. The number of rotatable bonds is 6. The maximum atomic E-state index is 5.59. The van der Waals surface area contributed by atoms with Gasteiger partial charge in [0.2, 0.25) is 0 Å². The second-order valence-electron chi connectivity index (χ2n) is 8.36. The monoisotopic (exact) mass is 332 g/mol. The van der Waals surface area contributed by atoms with Gasteiger partial charge in [-0.1, -0.05) is 6.42 Å². The van der Waals surface area contributed by atoms with Crippen molar-refractivity contribution in [3.05, 3.63) is 24.2 Å². The number of furan rings is 1. The van der Waals surface area contributed by atoms with E-state index in [9.17, 15) is 0 Å². The quantitative estimate of drug-likeness (QED) is 0.800. The smallest absolute Gasteiger partial charge is 0.117 e. The van der Waals surface area contributed by atoms with Crippen LogP contribution >= 0.6 is 0 Å². The van der Waals surface area contributed by atoms with E-state index < -0.39 is 0 Å². The minimum Gasteiger partial charge on any atom is -0.468 e. The van der Waals surface area contributed by atoms with E-state index in [4.69, 9.17) is 9.15 Å². The van der Waals surface area contributed by atoms with E-state index in [1.165, 1.54) is 58.3 Å².